The van der Waals surface area contributed by atoms with E-state index in [4.69, 9.17) is 9.47 Å². The van der Waals surface area contributed by atoms with Crippen molar-refractivity contribution in [3.8, 4) is 11.5 Å². The van der Waals surface area contributed by atoms with Gasteiger partial charge in [-0.15, -0.1) is 0 Å². The average molecular weight is 496 g/mol. The molecule has 4 rings (SSSR count). The van der Waals surface area contributed by atoms with Crippen molar-refractivity contribution in [3.05, 3.63) is 72.3 Å². The molecule has 1 aliphatic heterocycles. The van der Waals surface area contributed by atoms with Gasteiger partial charge in [0.15, 0.2) is 0 Å². The zero-order chi connectivity index (χ0) is 25.0. The number of nitrogens with one attached hydrogen (secondary N) is 2. The van der Waals surface area contributed by atoms with E-state index in [0.717, 1.165) is 6.42 Å². The molecule has 3 aromatic rings. The second-order valence-electron chi connectivity index (χ2n) is 7.81. The maximum absolute atomic E-state index is 13.0. The number of rotatable bonds is 8. The third-order valence-electron chi connectivity index (χ3n) is 5.61. The summed E-state index contributed by atoms with van der Waals surface area (Å²) in [4.78, 5) is 26.6. The summed E-state index contributed by atoms with van der Waals surface area (Å²) in [5.41, 5.74) is 1.31. The number of carbonyl (C=O) groups excluding carboxylic acids is 2. The minimum absolute atomic E-state index is 0.0138. The number of hydrogen-bond acceptors (Lipinski definition) is 6. The quantitative estimate of drug-likeness (QED) is 0.490. The number of hydrogen-bond donors (Lipinski definition) is 2. The Labute approximate surface area is 203 Å². The fourth-order valence-corrected chi connectivity index (χ4v) is 4.87. The van der Waals surface area contributed by atoms with E-state index in [1.54, 1.807) is 47.4 Å². The van der Waals surface area contributed by atoms with Crippen LogP contribution < -0.4 is 24.4 Å². The SMILES string of the molecule is COc1ccc(NC(=O)c2ccccc2NS(=O)(=O)c2ccc(N3CCCC3=O)cc2)c(OC)c1. The van der Waals surface area contributed by atoms with E-state index < -0.39 is 15.9 Å². The summed E-state index contributed by atoms with van der Waals surface area (Å²) in [5, 5.41) is 2.75. The fraction of sp³-hybridized carbons (Fsp3) is 0.200. The van der Waals surface area contributed by atoms with Crippen molar-refractivity contribution in [1.82, 2.24) is 0 Å². The van der Waals surface area contributed by atoms with Gasteiger partial charge in [-0.1, -0.05) is 12.1 Å². The third-order valence-corrected chi connectivity index (χ3v) is 6.99. The molecule has 0 unspecified atom stereocenters. The van der Waals surface area contributed by atoms with Crippen molar-refractivity contribution in [2.75, 3.05) is 35.7 Å². The van der Waals surface area contributed by atoms with Crippen LogP contribution in [0.2, 0.25) is 0 Å². The highest BCUT2D eigenvalue weighted by Crippen LogP contribution is 2.30. The third kappa shape index (κ3) is 5.22. The Morgan fingerprint density at radius 3 is 2.34 bits per heavy atom. The van der Waals surface area contributed by atoms with E-state index in [-0.39, 0.29) is 22.1 Å². The van der Waals surface area contributed by atoms with Crippen LogP contribution >= 0.6 is 0 Å². The van der Waals surface area contributed by atoms with Crippen LogP contribution in [0.4, 0.5) is 17.1 Å². The fourth-order valence-electron chi connectivity index (χ4n) is 3.79. The minimum atomic E-state index is -3.99. The first-order chi connectivity index (χ1) is 16.8. The summed E-state index contributed by atoms with van der Waals surface area (Å²) in [5.74, 6) is 0.460. The summed E-state index contributed by atoms with van der Waals surface area (Å²) < 4.78 is 39.1. The predicted molar refractivity (Wildman–Crippen MR) is 133 cm³/mol. The van der Waals surface area contributed by atoms with Crippen molar-refractivity contribution >= 4 is 38.9 Å². The number of carbonyl (C=O) groups is 2. The first-order valence-electron chi connectivity index (χ1n) is 10.9. The molecule has 0 saturated carbocycles. The van der Waals surface area contributed by atoms with Gasteiger partial charge in [0.1, 0.15) is 11.5 Å². The number of nitrogens with zero attached hydrogens (tertiary/aromatic N) is 1. The number of anilines is 3. The Balaban J connectivity index is 1.55. The molecule has 10 heteroatoms. The van der Waals surface area contributed by atoms with E-state index in [1.165, 1.54) is 38.5 Å². The van der Waals surface area contributed by atoms with E-state index in [1.807, 2.05) is 0 Å². The second kappa shape index (κ2) is 10.1. The Morgan fingerprint density at radius 1 is 0.943 bits per heavy atom. The molecule has 35 heavy (non-hydrogen) atoms. The summed E-state index contributed by atoms with van der Waals surface area (Å²) in [7, 11) is -1.00. The molecule has 9 nitrogen and oxygen atoms in total. The number of methoxy groups -OCH3 is 2. The highest BCUT2D eigenvalue weighted by molar-refractivity contribution is 7.92. The molecule has 1 aliphatic rings. The smallest absolute Gasteiger partial charge is 0.261 e. The zero-order valence-electron chi connectivity index (χ0n) is 19.3. The number of ether oxygens (including phenoxy) is 2. The largest absolute Gasteiger partial charge is 0.497 e. The normalized spacial score (nSPS) is 13.4. The first-order valence-corrected chi connectivity index (χ1v) is 12.4. The van der Waals surface area contributed by atoms with Crippen LogP contribution in [0.3, 0.4) is 0 Å². The molecule has 1 heterocycles. The number of sulfonamides is 1. The second-order valence-corrected chi connectivity index (χ2v) is 9.50. The molecule has 2 amide bonds. The number of benzene rings is 3. The number of amides is 2. The van der Waals surface area contributed by atoms with Crippen molar-refractivity contribution in [3.63, 3.8) is 0 Å². The molecule has 0 atom stereocenters. The Morgan fingerprint density at radius 2 is 1.69 bits per heavy atom. The molecule has 3 aromatic carbocycles. The lowest BCUT2D eigenvalue weighted by Gasteiger charge is -2.17. The van der Waals surface area contributed by atoms with Gasteiger partial charge in [-0.3, -0.25) is 14.3 Å². The van der Waals surface area contributed by atoms with Crippen molar-refractivity contribution in [2.45, 2.75) is 17.7 Å². The Kier molecular flexibility index (Phi) is 6.92. The van der Waals surface area contributed by atoms with Crippen molar-refractivity contribution in [1.29, 1.82) is 0 Å². The monoisotopic (exact) mass is 495 g/mol. The Bertz CT molecular complexity index is 1360. The predicted octanol–water partition coefficient (Wildman–Crippen LogP) is 3.88. The van der Waals surface area contributed by atoms with Gasteiger partial charge in [-0.05, 0) is 55.0 Å². The highest BCUT2D eigenvalue weighted by atomic mass is 32.2. The summed E-state index contributed by atoms with van der Waals surface area (Å²) in [6.07, 6.45) is 1.27. The maximum Gasteiger partial charge on any atom is 0.261 e. The van der Waals surface area contributed by atoms with Gasteiger partial charge < -0.3 is 19.7 Å². The average Bonchev–Trinajstić information content (AvgIpc) is 3.30. The van der Waals surface area contributed by atoms with Crippen LogP contribution in [0.1, 0.15) is 23.2 Å². The van der Waals surface area contributed by atoms with Crippen LogP contribution in [-0.2, 0) is 14.8 Å². The van der Waals surface area contributed by atoms with Crippen LogP contribution in [0.25, 0.3) is 0 Å². The molecule has 2 N–H and O–H groups in total. The van der Waals surface area contributed by atoms with Gasteiger partial charge in [-0.25, -0.2) is 8.42 Å². The van der Waals surface area contributed by atoms with Crippen LogP contribution in [0.5, 0.6) is 11.5 Å². The van der Waals surface area contributed by atoms with Crippen LogP contribution in [0, 0.1) is 0 Å². The van der Waals surface area contributed by atoms with Gasteiger partial charge in [0, 0.05) is 24.7 Å². The van der Waals surface area contributed by atoms with Gasteiger partial charge in [-0.2, -0.15) is 0 Å². The number of para-hydroxylation sites is 1. The molecular formula is C25H25N3O6S. The van der Waals surface area contributed by atoms with Crippen LogP contribution in [-0.4, -0.2) is 41.0 Å². The lowest BCUT2D eigenvalue weighted by molar-refractivity contribution is -0.117. The van der Waals surface area contributed by atoms with E-state index in [2.05, 4.69) is 10.0 Å². The lowest BCUT2D eigenvalue weighted by atomic mass is 10.1. The minimum Gasteiger partial charge on any atom is -0.497 e. The molecule has 1 saturated heterocycles. The summed E-state index contributed by atoms with van der Waals surface area (Å²) in [6.45, 7) is 0.616. The molecule has 0 aromatic heterocycles. The molecular weight excluding hydrogens is 470 g/mol. The lowest BCUT2D eigenvalue weighted by Crippen LogP contribution is -2.23. The molecule has 1 fully saturated rings. The zero-order valence-corrected chi connectivity index (χ0v) is 20.1. The topological polar surface area (TPSA) is 114 Å². The van der Waals surface area contributed by atoms with Gasteiger partial charge in [0.2, 0.25) is 5.91 Å². The molecule has 0 spiro atoms. The summed E-state index contributed by atoms with van der Waals surface area (Å²) >= 11 is 0. The highest BCUT2D eigenvalue weighted by Gasteiger charge is 2.23. The Hall–Kier alpha value is -4.05. The molecule has 0 aliphatic carbocycles. The van der Waals surface area contributed by atoms with Crippen molar-refractivity contribution < 1.29 is 27.5 Å². The molecule has 0 radical (unpaired) electrons. The van der Waals surface area contributed by atoms with E-state index in [0.29, 0.717) is 35.8 Å². The van der Waals surface area contributed by atoms with E-state index in [9.17, 15) is 18.0 Å². The first kappa shape index (κ1) is 24.1. The molecule has 182 valence electrons. The standard InChI is InChI=1S/C25H25N3O6S/c1-33-18-11-14-22(23(16-18)34-2)26-25(30)20-6-3-4-7-21(20)27-35(31,32)19-12-9-17(10-13-19)28-15-5-8-24(28)29/h3-4,6-7,9-14,16,27H,5,8,15H2,1-2H3,(H,26,30). The van der Waals surface area contributed by atoms with Gasteiger partial charge >= 0.3 is 0 Å². The molecule has 0 bridgehead atoms. The van der Waals surface area contributed by atoms with Crippen LogP contribution in [0.15, 0.2) is 71.6 Å². The van der Waals surface area contributed by atoms with Crippen molar-refractivity contribution in [2.24, 2.45) is 0 Å². The van der Waals surface area contributed by atoms with Gasteiger partial charge in [0.25, 0.3) is 15.9 Å². The van der Waals surface area contributed by atoms with Gasteiger partial charge in [0.05, 0.1) is 36.1 Å². The maximum atomic E-state index is 13.0. The summed E-state index contributed by atoms with van der Waals surface area (Å²) in [6, 6.07) is 17.3. The van der Waals surface area contributed by atoms with E-state index >= 15 is 0 Å².